The van der Waals surface area contributed by atoms with Gasteiger partial charge in [0.2, 0.25) is 5.90 Å². The molecule has 1 N–H and O–H groups in total. The number of piperazine rings is 1. The predicted molar refractivity (Wildman–Crippen MR) is 105 cm³/mol. The van der Waals surface area contributed by atoms with E-state index in [0.29, 0.717) is 6.61 Å². The number of ether oxygens (including phenoxy) is 1. The molecule has 1 aromatic heterocycles. The van der Waals surface area contributed by atoms with Crippen molar-refractivity contribution in [2.24, 2.45) is 10.6 Å². The van der Waals surface area contributed by atoms with Crippen molar-refractivity contribution in [1.29, 1.82) is 0 Å². The van der Waals surface area contributed by atoms with Gasteiger partial charge in [0.25, 0.3) is 0 Å². The molecule has 148 valence electrons. The zero-order chi connectivity index (χ0) is 18.5. The van der Waals surface area contributed by atoms with Crippen LogP contribution < -0.4 is 5.32 Å². The van der Waals surface area contributed by atoms with Crippen molar-refractivity contribution in [1.82, 2.24) is 20.1 Å². The molecular weight excluding hydrogens is 342 g/mol. The second kappa shape index (κ2) is 8.54. The Bertz CT molecular complexity index is 625. The fourth-order valence-electron chi connectivity index (χ4n) is 4.29. The molecule has 0 amide bonds. The number of piperidine rings is 1. The monoisotopic (exact) mass is 373 g/mol. The summed E-state index contributed by atoms with van der Waals surface area (Å²) in [6, 6.07) is 4.14. The van der Waals surface area contributed by atoms with Gasteiger partial charge in [0.05, 0.1) is 5.41 Å². The van der Waals surface area contributed by atoms with Gasteiger partial charge < -0.3 is 19.8 Å². The smallest absolute Gasteiger partial charge is 0.232 e. The van der Waals surface area contributed by atoms with Crippen molar-refractivity contribution in [2.45, 2.75) is 25.4 Å². The van der Waals surface area contributed by atoms with Gasteiger partial charge in [-0.2, -0.15) is 0 Å². The Balaban J connectivity index is 1.44. The predicted octanol–water partition coefficient (Wildman–Crippen LogP) is 0.970. The standard InChI is InChI=1S/C20H31N5O2/c1-24-9-11-25(12-10-24)15-18-16-26-23-19(27-18)20(4-7-21-8-5-20)13-17-3-2-6-22-14-17/h2-3,6,14,18,21H,4-5,7-13,15-16H2,1H3. The third kappa shape index (κ3) is 4.59. The van der Waals surface area contributed by atoms with Gasteiger partial charge in [-0.05, 0) is 51.0 Å². The molecule has 4 heterocycles. The fraction of sp³-hybridized carbons (Fsp3) is 0.700. The maximum absolute atomic E-state index is 6.45. The van der Waals surface area contributed by atoms with Gasteiger partial charge in [-0.3, -0.25) is 9.88 Å². The molecule has 4 rings (SSSR count). The molecule has 1 unspecified atom stereocenters. The highest BCUT2D eigenvalue weighted by Crippen LogP contribution is 2.36. The van der Waals surface area contributed by atoms with E-state index in [1.165, 1.54) is 5.56 Å². The van der Waals surface area contributed by atoms with Crippen LogP contribution in [0.2, 0.25) is 0 Å². The highest BCUT2D eigenvalue weighted by Gasteiger charge is 2.42. The summed E-state index contributed by atoms with van der Waals surface area (Å²) in [5.41, 5.74) is 1.13. The molecule has 2 saturated heterocycles. The maximum Gasteiger partial charge on any atom is 0.232 e. The highest BCUT2D eigenvalue weighted by molar-refractivity contribution is 5.83. The summed E-state index contributed by atoms with van der Waals surface area (Å²) in [6.45, 7) is 7.82. The zero-order valence-electron chi connectivity index (χ0n) is 16.3. The summed E-state index contributed by atoms with van der Waals surface area (Å²) in [5.74, 6) is 0.790. The number of hydrogen-bond acceptors (Lipinski definition) is 7. The Hall–Kier alpha value is -1.70. The first-order valence-electron chi connectivity index (χ1n) is 10.1. The van der Waals surface area contributed by atoms with E-state index >= 15 is 0 Å². The lowest BCUT2D eigenvalue weighted by atomic mass is 9.74. The summed E-state index contributed by atoms with van der Waals surface area (Å²) in [6.07, 6.45) is 6.74. The number of pyridine rings is 1. The van der Waals surface area contributed by atoms with Crippen LogP contribution in [0.4, 0.5) is 0 Å². The molecule has 0 bridgehead atoms. The molecule has 7 nitrogen and oxygen atoms in total. The Morgan fingerprint density at radius 1 is 1.22 bits per heavy atom. The van der Waals surface area contributed by atoms with E-state index < -0.39 is 0 Å². The number of nitrogens with one attached hydrogen (secondary N) is 1. The second-order valence-electron chi connectivity index (χ2n) is 8.10. The van der Waals surface area contributed by atoms with E-state index in [0.717, 1.165) is 71.0 Å². The number of likely N-dealkylation sites (N-methyl/N-ethyl adjacent to an activating group) is 1. The van der Waals surface area contributed by atoms with Gasteiger partial charge in [0.1, 0.15) is 6.10 Å². The third-order valence-corrected chi connectivity index (χ3v) is 6.02. The zero-order valence-corrected chi connectivity index (χ0v) is 16.3. The van der Waals surface area contributed by atoms with Crippen LogP contribution in [-0.4, -0.2) is 86.3 Å². The van der Waals surface area contributed by atoms with E-state index in [4.69, 9.17) is 9.57 Å². The first kappa shape index (κ1) is 18.7. The molecule has 0 aromatic carbocycles. The van der Waals surface area contributed by atoms with E-state index in [1.54, 1.807) is 0 Å². The van der Waals surface area contributed by atoms with Crippen LogP contribution in [0.25, 0.3) is 0 Å². The van der Waals surface area contributed by atoms with Crippen LogP contribution in [0.3, 0.4) is 0 Å². The molecule has 0 saturated carbocycles. The normalized spacial score (nSPS) is 26.7. The summed E-state index contributed by atoms with van der Waals surface area (Å²) >= 11 is 0. The second-order valence-corrected chi connectivity index (χ2v) is 8.10. The molecule has 27 heavy (non-hydrogen) atoms. The molecule has 1 aromatic rings. The highest BCUT2D eigenvalue weighted by atomic mass is 16.7. The minimum absolute atomic E-state index is 0.0570. The van der Waals surface area contributed by atoms with E-state index in [9.17, 15) is 0 Å². The minimum atomic E-state index is -0.102. The molecule has 0 spiro atoms. The lowest BCUT2D eigenvalue weighted by Crippen LogP contribution is -2.51. The number of aromatic nitrogens is 1. The van der Waals surface area contributed by atoms with Crippen molar-refractivity contribution in [3.63, 3.8) is 0 Å². The Morgan fingerprint density at radius 3 is 2.78 bits per heavy atom. The van der Waals surface area contributed by atoms with Gasteiger partial charge in [-0.1, -0.05) is 11.2 Å². The molecule has 3 aliphatic rings. The first-order valence-corrected chi connectivity index (χ1v) is 10.1. The topological polar surface area (TPSA) is 62.2 Å². The average molecular weight is 374 g/mol. The van der Waals surface area contributed by atoms with Gasteiger partial charge in [0, 0.05) is 45.1 Å². The SMILES string of the molecule is CN1CCN(CC2CON=C(C3(Cc4cccnc4)CCNCC3)O2)CC1. The molecule has 7 heteroatoms. The van der Waals surface area contributed by atoms with Crippen molar-refractivity contribution in [2.75, 3.05) is 59.5 Å². The van der Waals surface area contributed by atoms with Crippen molar-refractivity contribution < 1.29 is 9.57 Å². The van der Waals surface area contributed by atoms with Crippen LogP contribution >= 0.6 is 0 Å². The summed E-state index contributed by atoms with van der Waals surface area (Å²) in [7, 11) is 2.18. The number of nitrogens with zero attached hydrogens (tertiary/aromatic N) is 4. The van der Waals surface area contributed by atoms with Crippen molar-refractivity contribution in [3.05, 3.63) is 30.1 Å². The third-order valence-electron chi connectivity index (χ3n) is 6.02. The van der Waals surface area contributed by atoms with Crippen molar-refractivity contribution in [3.8, 4) is 0 Å². The number of oxime groups is 1. The van der Waals surface area contributed by atoms with Gasteiger partial charge in [0.15, 0.2) is 6.61 Å². The molecule has 0 radical (unpaired) electrons. The largest absolute Gasteiger partial charge is 0.470 e. The molecule has 3 aliphatic heterocycles. The first-order chi connectivity index (χ1) is 13.2. The number of hydrogen-bond donors (Lipinski definition) is 1. The van der Waals surface area contributed by atoms with Crippen LogP contribution in [0.1, 0.15) is 18.4 Å². The molecular formula is C20H31N5O2. The molecule has 0 aliphatic carbocycles. The van der Waals surface area contributed by atoms with E-state index in [2.05, 4.69) is 38.4 Å². The van der Waals surface area contributed by atoms with Gasteiger partial charge in [-0.15, -0.1) is 0 Å². The van der Waals surface area contributed by atoms with E-state index in [1.807, 2.05) is 18.5 Å². The quantitative estimate of drug-likeness (QED) is 0.830. The van der Waals surface area contributed by atoms with Crippen LogP contribution in [0.5, 0.6) is 0 Å². The Labute approximate surface area is 161 Å². The number of rotatable bonds is 5. The Morgan fingerprint density at radius 2 is 2.04 bits per heavy atom. The Kier molecular flexibility index (Phi) is 5.90. The van der Waals surface area contributed by atoms with Gasteiger partial charge >= 0.3 is 0 Å². The summed E-state index contributed by atoms with van der Waals surface area (Å²) in [4.78, 5) is 14.8. The lowest BCUT2D eigenvalue weighted by Gasteiger charge is -2.41. The van der Waals surface area contributed by atoms with Crippen LogP contribution in [-0.2, 0) is 16.0 Å². The molecule has 1 atom stereocenters. The van der Waals surface area contributed by atoms with Gasteiger partial charge in [-0.25, -0.2) is 0 Å². The summed E-state index contributed by atoms with van der Waals surface area (Å²) in [5, 5.41) is 7.86. The van der Waals surface area contributed by atoms with Crippen molar-refractivity contribution >= 4 is 5.90 Å². The average Bonchev–Trinajstić information content (AvgIpc) is 2.71. The minimum Gasteiger partial charge on any atom is -0.470 e. The van der Waals surface area contributed by atoms with Crippen LogP contribution in [0, 0.1) is 5.41 Å². The fourth-order valence-corrected chi connectivity index (χ4v) is 4.29. The van der Waals surface area contributed by atoms with E-state index in [-0.39, 0.29) is 11.5 Å². The summed E-state index contributed by atoms with van der Waals surface area (Å²) < 4.78 is 6.45. The molecule has 2 fully saturated rings. The maximum atomic E-state index is 6.45. The van der Waals surface area contributed by atoms with Crippen LogP contribution in [0.15, 0.2) is 29.7 Å². The lowest BCUT2D eigenvalue weighted by molar-refractivity contribution is -0.0268.